The summed E-state index contributed by atoms with van der Waals surface area (Å²) < 4.78 is 28.2. The van der Waals surface area contributed by atoms with E-state index in [0.717, 1.165) is 4.90 Å². The highest BCUT2D eigenvalue weighted by Gasteiger charge is 2.20. The lowest BCUT2D eigenvalue weighted by Gasteiger charge is -2.19. The summed E-state index contributed by atoms with van der Waals surface area (Å²) >= 11 is 1.59. The number of benzene rings is 2. The van der Waals surface area contributed by atoms with Crippen molar-refractivity contribution in [2.75, 3.05) is 12.8 Å². The number of thioether (sulfide) groups is 1. The standard InChI is InChI=1S/C17H19F2NS/c1-11-5-4-6-13(9-11)21-10-15(20-3)16-14(18)8-7-12(2)17(16)19/h4-9,15,20H,10H2,1-3H3. The van der Waals surface area contributed by atoms with Gasteiger partial charge in [-0.2, -0.15) is 0 Å². The Balaban J connectivity index is 2.19. The molecule has 0 heterocycles. The van der Waals surface area contributed by atoms with E-state index in [0.29, 0.717) is 11.3 Å². The monoisotopic (exact) mass is 307 g/mol. The first-order chi connectivity index (χ1) is 10.0. The molecule has 2 rings (SSSR count). The first-order valence-electron chi connectivity index (χ1n) is 6.84. The normalized spacial score (nSPS) is 12.4. The molecule has 0 spiro atoms. The minimum atomic E-state index is -0.498. The molecule has 0 saturated carbocycles. The Morgan fingerprint density at radius 1 is 1.14 bits per heavy atom. The van der Waals surface area contributed by atoms with Gasteiger partial charge in [0, 0.05) is 22.3 Å². The molecule has 1 atom stereocenters. The predicted octanol–water partition coefficient (Wildman–Crippen LogP) is 4.63. The number of hydrogen-bond donors (Lipinski definition) is 1. The van der Waals surface area contributed by atoms with Crippen LogP contribution < -0.4 is 5.32 Å². The van der Waals surface area contributed by atoms with E-state index in [1.165, 1.54) is 17.7 Å². The molecule has 0 radical (unpaired) electrons. The van der Waals surface area contributed by atoms with Crippen molar-refractivity contribution in [3.63, 3.8) is 0 Å². The molecule has 0 aromatic heterocycles. The maximum absolute atomic E-state index is 14.2. The molecule has 0 aliphatic heterocycles. The molecule has 0 bridgehead atoms. The zero-order valence-electron chi connectivity index (χ0n) is 12.4. The summed E-state index contributed by atoms with van der Waals surface area (Å²) in [4.78, 5) is 1.10. The molecule has 2 aromatic carbocycles. The van der Waals surface area contributed by atoms with E-state index in [4.69, 9.17) is 0 Å². The summed E-state index contributed by atoms with van der Waals surface area (Å²) in [7, 11) is 1.72. The maximum atomic E-state index is 14.2. The topological polar surface area (TPSA) is 12.0 Å². The average molecular weight is 307 g/mol. The Morgan fingerprint density at radius 3 is 2.57 bits per heavy atom. The fraction of sp³-hybridized carbons (Fsp3) is 0.294. The van der Waals surface area contributed by atoms with Gasteiger partial charge in [-0.3, -0.25) is 0 Å². The number of halogens is 2. The molecule has 0 aliphatic carbocycles. The second-order valence-electron chi connectivity index (χ2n) is 5.06. The molecule has 21 heavy (non-hydrogen) atoms. The van der Waals surface area contributed by atoms with Crippen molar-refractivity contribution in [2.45, 2.75) is 24.8 Å². The van der Waals surface area contributed by atoms with Gasteiger partial charge in [-0.1, -0.05) is 23.8 Å². The van der Waals surface area contributed by atoms with Gasteiger partial charge in [-0.25, -0.2) is 8.78 Å². The lowest BCUT2D eigenvalue weighted by Crippen LogP contribution is -2.22. The lowest BCUT2D eigenvalue weighted by molar-refractivity contribution is 0.509. The Hall–Kier alpha value is -1.39. The van der Waals surface area contributed by atoms with E-state index < -0.39 is 11.6 Å². The van der Waals surface area contributed by atoms with Crippen LogP contribution in [-0.4, -0.2) is 12.8 Å². The van der Waals surface area contributed by atoms with Gasteiger partial charge < -0.3 is 5.32 Å². The van der Waals surface area contributed by atoms with Crippen LogP contribution in [0.4, 0.5) is 8.78 Å². The zero-order valence-corrected chi connectivity index (χ0v) is 13.2. The van der Waals surface area contributed by atoms with Gasteiger partial charge in [-0.05, 0) is 44.7 Å². The molecule has 1 N–H and O–H groups in total. The molecule has 0 fully saturated rings. The summed E-state index contributed by atoms with van der Waals surface area (Å²) in [5, 5.41) is 3.01. The molecule has 1 unspecified atom stereocenters. The lowest BCUT2D eigenvalue weighted by atomic mass is 10.0. The van der Waals surface area contributed by atoms with Crippen LogP contribution in [0, 0.1) is 25.5 Å². The molecule has 2 aromatic rings. The smallest absolute Gasteiger partial charge is 0.133 e. The van der Waals surface area contributed by atoms with E-state index in [2.05, 4.69) is 11.4 Å². The van der Waals surface area contributed by atoms with Crippen molar-refractivity contribution in [2.24, 2.45) is 0 Å². The molecular weight excluding hydrogens is 288 g/mol. The number of aryl methyl sites for hydroxylation is 2. The summed E-state index contributed by atoms with van der Waals surface area (Å²) in [6.45, 7) is 3.68. The van der Waals surface area contributed by atoms with Gasteiger partial charge in [-0.15, -0.1) is 11.8 Å². The Labute approximate surface area is 128 Å². The Bertz CT molecular complexity index is 628. The molecule has 4 heteroatoms. The number of hydrogen-bond acceptors (Lipinski definition) is 2. The molecular formula is C17H19F2NS. The van der Waals surface area contributed by atoms with Gasteiger partial charge in [0.15, 0.2) is 0 Å². The van der Waals surface area contributed by atoms with Crippen LogP contribution in [-0.2, 0) is 0 Å². The van der Waals surface area contributed by atoms with Crippen LogP contribution in [0.2, 0.25) is 0 Å². The minimum Gasteiger partial charge on any atom is -0.312 e. The molecule has 0 amide bonds. The van der Waals surface area contributed by atoms with Crippen LogP contribution in [0.25, 0.3) is 0 Å². The highest BCUT2D eigenvalue weighted by atomic mass is 32.2. The zero-order chi connectivity index (χ0) is 15.4. The second-order valence-corrected chi connectivity index (χ2v) is 6.15. The summed E-state index contributed by atoms with van der Waals surface area (Å²) in [5.74, 6) is -0.390. The molecule has 1 nitrogen and oxygen atoms in total. The molecule has 0 saturated heterocycles. The van der Waals surface area contributed by atoms with Crippen molar-refractivity contribution in [3.05, 3.63) is 64.7 Å². The first kappa shape index (κ1) is 16.0. The van der Waals surface area contributed by atoms with Crippen LogP contribution in [0.15, 0.2) is 41.3 Å². The van der Waals surface area contributed by atoms with Gasteiger partial charge in [0.05, 0.1) is 0 Å². The van der Waals surface area contributed by atoms with Crippen molar-refractivity contribution in [1.29, 1.82) is 0 Å². The summed E-state index contributed by atoms with van der Waals surface area (Å²) in [5.41, 5.74) is 1.76. The van der Waals surface area contributed by atoms with E-state index in [1.807, 2.05) is 25.1 Å². The highest BCUT2D eigenvalue weighted by molar-refractivity contribution is 7.99. The Kier molecular flexibility index (Phi) is 5.37. The van der Waals surface area contributed by atoms with Crippen LogP contribution in [0.3, 0.4) is 0 Å². The van der Waals surface area contributed by atoms with Crippen molar-refractivity contribution in [1.82, 2.24) is 5.32 Å². The third kappa shape index (κ3) is 3.83. The van der Waals surface area contributed by atoms with Gasteiger partial charge in [0.2, 0.25) is 0 Å². The van der Waals surface area contributed by atoms with E-state index >= 15 is 0 Å². The predicted molar refractivity (Wildman–Crippen MR) is 84.8 cm³/mol. The van der Waals surface area contributed by atoms with Gasteiger partial charge >= 0.3 is 0 Å². The van der Waals surface area contributed by atoms with Crippen molar-refractivity contribution in [3.8, 4) is 0 Å². The second kappa shape index (κ2) is 7.05. The van der Waals surface area contributed by atoms with Crippen molar-refractivity contribution >= 4 is 11.8 Å². The quantitative estimate of drug-likeness (QED) is 0.808. The summed E-state index contributed by atoms with van der Waals surface area (Å²) in [6.07, 6.45) is 0. The highest BCUT2D eigenvalue weighted by Crippen LogP contribution is 2.29. The van der Waals surface area contributed by atoms with Gasteiger partial charge in [0.25, 0.3) is 0 Å². The third-order valence-electron chi connectivity index (χ3n) is 3.42. The van der Waals surface area contributed by atoms with E-state index in [9.17, 15) is 8.78 Å². The molecule has 112 valence electrons. The number of rotatable bonds is 5. The first-order valence-corrected chi connectivity index (χ1v) is 7.82. The van der Waals surface area contributed by atoms with Crippen LogP contribution in [0.1, 0.15) is 22.7 Å². The Morgan fingerprint density at radius 2 is 1.90 bits per heavy atom. The average Bonchev–Trinajstić information content (AvgIpc) is 2.46. The van der Waals surface area contributed by atoms with Crippen molar-refractivity contribution < 1.29 is 8.78 Å². The SMILES string of the molecule is CNC(CSc1cccc(C)c1)c1c(F)ccc(C)c1F. The third-order valence-corrected chi connectivity index (χ3v) is 4.51. The molecule has 0 aliphatic rings. The largest absolute Gasteiger partial charge is 0.312 e. The van der Waals surface area contributed by atoms with Gasteiger partial charge in [0.1, 0.15) is 11.6 Å². The fourth-order valence-electron chi connectivity index (χ4n) is 2.19. The number of nitrogens with one attached hydrogen (secondary N) is 1. The minimum absolute atomic E-state index is 0.123. The van der Waals surface area contributed by atoms with Crippen LogP contribution in [0.5, 0.6) is 0 Å². The van der Waals surface area contributed by atoms with Crippen LogP contribution >= 0.6 is 11.8 Å². The fourth-order valence-corrected chi connectivity index (χ4v) is 3.33. The van der Waals surface area contributed by atoms with E-state index in [1.54, 1.807) is 25.7 Å². The summed E-state index contributed by atoms with van der Waals surface area (Å²) in [6, 6.07) is 10.5. The van der Waals surface area contributed by atoms with E-state index in [-0.39, 0.29) is 11.6 Å². The maximum Gasteiger partial charge on any atom is 0.133 e.